The van der Waals surface area contributed by atoms with Gasteiger partial charge in [0.25, 0.3) is 5.91 Å². The topological polar surface area (TPSA) is 98.3 Å². The van der Waals surface area contributed by atoms with Crippen LogP contribution in [-0.4, -0.2) is 44.9 Å². The summed E-state index contributed by atoms with van der Waals surface area (Å²) in [5.74, 6) is 0.0913. The van der Waals surface area contributed by atoms with E-state index in [2.05, 4.69) is 20.7 Å². The number of aryl methyl sites for hydroxylation is 2. The Labute approximate surface area is 154 Å². The third kappa shape index (κ3) is 4.11. The highest BCUT2D eigenvalue weighted by molar-refractivity contribution is 5.92. The van der Waals surface area contributed by atoms with E-state index >= 15 is 0 Å². The van der Waals surface area contributed by atoms with Crippen LogP contribution in [0.5, 0.6) is 5.88 Å². The van der Waals surface area contributed by atoms with Crippen LogP contribution in [-0.2, 0) is 13.7 Å². The number of hydrazine groups is 1. The van der Waals surface area contributed by atoms with Gasteiger partial charge in [0.05, 0.1) is 17.5 Å². The summed E-state index contributed by atoms with van der Waals surface area (Å²) in [7, 11) is 5.08. The molecule has 0 radical (unpaired) electrons. The molecule has 0 aliphatic rings. The maximum Gasteiger partial charge on any atom is 0.283 e. The van der Waals surface area contributed by atoms with Crippen molar-refractivity contribution >= 4 is 5.91 Å². The zero-order chi connectivity index (χ0) is 19.6. The molecule has 0 saturated carbocycles. The Bertz CT molecular complexity index is 948. The van der Waals surface area contributed by atoms with Crippen molar-refractivity contribution in [2.45, 2.75) is 13.5 Å². The van der Waals surface area contributed by atoms with Gasteiger partial charge >= 0.3 is 0 Å². The quantitative estimate of drug-likeness (QED) is 0.656. The van der Waals surface area contributed by atoms with Crippen LogP contribution in [0.4, 0.5) is 4.39 Å². The molecule has 10 heteroatoms. The molecule has 0 spiro atoms. The number of carbonyl (C=O) groups is 1. The number of carbonyl (C=O) groups excluding carboxylic acids is 1. The molecule has 27 heavy (non-hydrogen) atoms. The highest BCUT2D eigenvalue weighted by atomic mass is 19.1. The van der Waals surface area contributed by atoms with Crippen LogP contribution in [0.3, 0.4) is 0 Å². The van der Waals surface area contributed by atoms with E-state index in [1.807, 2.05) is 0 Å². The average Bonchev–Trinajstić information content (AvgIpc) is 3.16. The smallest absolute Gasteiger partial charge is 0.283 e. The largest absolute Gasteiger partial charge is 0.471 e. The number of aromatic nitrogens is 4. The van der Waals surface area contributed by atoms with Gasteiger partial charge in [0.1, 0.15) is 29.6 Å². The summed E-state index contributed by atoms with van der Waals surface area (Å²) >= 11 is 0. The molecular formula is C17H19FN6O3. The first-order valence-electron chi connectivity index (χ1n) is 8.07. The molecule has 3 rings (SSSR count). The van der Waals surface area contributed by atoms with Crippen molar-refractivity contribution in [1.82, 2.24) is 30.4 Å². The van der Waals surface area contributed by atoms with E-state index in [4.69, 9.17) is 9.26 Å². The Kier molecular flexibility index (Phi) is 5.17. The summed E-state index contributed by atoms with van der Waals surface area (Å²) in [6, 6.07) is 4.35. The van der Waals surface area contributed by atoms with Crippen molar-refractivity contribution in [3.05, 3.63) is 47.2 Å². The molecule has 142 valence electrons. The minimum atomic E-state index is -0.436. The third-order valence-corrected chi connectivity index (χ3v) is 3.73. The van der Waals surface area contributed by atoms with Gasteiger partial charge in [-0.1, -0.05) is 5.16 Å². The van der Waals surface area contributed by atoms with Gasteiger partial charge in [-0.05, 0) is 19.1 Å². The molecule has 0 aliphatic carbocycles. The summed E-state index contributed by atoms with van der Waals surface area (Å²) in [6.07, 6.45) is 1.11. The second-order valence-corrected chi connectivity index (χ2v) is 6.04. The van der Waals surface area contributed by atoms with E-state index in [1.165, 1.54) is 22.9 Å². The van der Waals surface area contributed by atoms with Crippen molar-refractivity contribution < 1.29 is 18.4 Å². The Morgan fingerprint density at radius 1 is 1.41 bits per heavy atom. The number of pyridine rings is 1. The van der Waals surface area contributed by atoms with Crippen molar-refractivity contribution in [3.8, 4) is 17.3 Å². The highest BCUT2D eigenvalue weighted by Crippen LogP contribution is 2.25. The summed E-state index contributed by atoms with van der Waals surface area (Å²) in [5.41, 5.74) is 4.59. The van der Waals surface area contributed by atoms with Crippen LogP contribution in [0.25, 0.3) is 11.4 Å². The molecule has 1 N–H and O–H groups in total. The standard InChI is InChI=1S/C17H19FN6O3/c1-10-12(16(22-27-10)13-6-5-11(18)8-19-13)9-26-15-7-14(24(4)20-15)17(25)21-23(2)3/h5-8H,9H2,1-4H3,(H,21,25). The van der Waals surface area contributed by atoms with Crippen molar-refractivity contribution in [2.24, 2.45) is 7.05 Å². The first-order valence-corrected chi connectivity index (χ1v) is 8.07. The number of amides is 1. The SMILES string of the molecule is Cc1onc(-c2ccc(F)cn2)c1COc1cc(C(=O)NN(C)C)n(C)n1. The predicted octanol–water partition coefficient (Wildman–Crippen LogP) is 1.70. The van der Waals surface area contributed by atoms with Crippen LogP contribution >= 0.6 is 0 Å². The van der Waals surface area contributed by atoms with Gasteiger partial charge in [-0.2, -0.15) is 0 Å². The minimum Gasteiger partial charge on any atom is -0.471 e. The maximum atomic E-state index is 13.1. The highest BCUT2D eigenvalue weighted by Gasteiger charge is 2.19. The van der Waals surface area contributed by atoms with Gasteiger partial charge in [0.15, 0.2) is 0 Å². The summed E-state index contributed by atoms with van der Waals surface area (Å²) < 4.78 is 25.4. The van der Waals surface area contributed by atoms with Crippen LogP contribution in [0.1, 0.15) is 21.8 Å². The van der Waals surface area contributed by atoms with Crippen LogP contribution in [0.2, 0.25) is 0 Å². The zero-order valence-electron chi connectivity index (χ0n) is 15.4. The molecule has 0 unspecified atom stereocenters. The van der Waals surface area contributed by atoms with Gasteiger partial charge in [0.2, 0.25) is 5.88 Å². The maximum absolute atomic E-state index is 13.1. The number of nitrogens with zero attached hydrogens (tertiary/aromatic N) is 5. The molecule has 0 saturated heterocycles. The molecule has 9 nitrogen and oxygen atoms in total. The van der Waals surface area contributed by atoms with Crippen LogP contribution < -0.4 is 10.2 Å². The number of hydrogen-bond donors (Lipinski definition) is 1. The fraction of sp³-hybridized carbons (Fsp3) is 0.294. The minimum absolute atomic E-state index is 0.107. The monoisotopic (exact) mass is 374 g/mol. The van der Waals surface area contributed by atoms with E-state index in [1.54, 1.807) is 33.1 Å². The van der Waals surface area contributed by atoms with E-state index < -0.39 is 5.82 Å². The number of nitrogens with one attached hydrogen (secondary N) is 1. The molecule has 0 aliphatic heterocycles. The molecule has 0 aromatic carbocycles. The van der Waals surface area contributed by atoms with Gasteiger partial charge in [-0.3, -0.25) is 19.9 Å². The van der Waals surface area contributed by atoms with Gasteiger partial charge < -0.3 is 9.26 Å². The fourth-order valence-corrected chi connectivity index (χ4v) is 2.41. The zero-order valence-corrected chi connectivity index (χ0v) is 15.4. The summed E-state index contributed by atoms with van der Waals surface area (Å²) in [5, 5.41) is 9.70. The first-order chi connectivity index (χ1) is 12.8. The third-order valence-electron chi connectivity index (χ3n) is 3.73. The lowest BCUT2D eigenvalue weighted by Crippen LogP contribution is -2.37. The lowest BCUT2D eigenvalue weighted by atomic mass is 10.1. The van der Waals surface area contributed by atoms with Crippen molar-refractivity contribution in [2.75, 3.05) is 14.1 Å². The molecule has 0 bridgehead atoms. The van der Waals surface area contributed by atoms with Crippen LogP contribution in [0, 0.1) is 12.7 Å². The molecule has 0 fully saturated rings. The molecule has 0 atom stereocenters. The van der Waals surface area contributed by atoms with Crippen molar-refractivity contribution in [3.63, 3.8) is 0 Å². The summed E-state index contributed by atoms with van der Waals surface area (Å²) in [6.45, 7) is 1.85. The van der Waals surface area contributed by atoms with Gasteiger partial charge in [-0.25, -0.2) is 9.40 Å². The van der Waals surface area contributed by atoms with Gasteiger partial charge in [-0.15, -0.1) is 5.10 Å². The summed E-state index contributed by atoms with van der Waals surface area (Å²) in [4.78, 5) is 16.1. The lowest BCUT2D eigenvalue weighted by molar-refractivity contribution is 0.0847. The second-order valence-electron chi connectivity index (χ2n) is 6.04. The number of rotatable bonds is 6. The second kappa shape index (κ2) is 7.54. The van der Waals surface area contributed by atoms with Gasteiger partial charge in [0, 0.05) is 27.2 Å². The molecule has 3 aromatic heterocycles. The Morgan fingerprint density at radius 3 is 2.85 bits per heavy atom. The van der Waals surface area contributed by atoms with E-state index in [0.29, 0.717) is 28.4 Å². The molecule has 1 amide bonds. The van der Waals surface area contributed by atoms with E-state index in [9.17, 15) is 9.18 Å². The Balaban J connectivity index is 1.77. The molecular weight excluding hydrogens is 355 g/mol. The molecule has 3 heterocycles. The average molecular weight is 374 g/mol. The van der Waals surface area contributed by atoms with Crippen LogP contribution in [0.15, 0.2) is 28.9 Å². The fourth-order valence-electron chi connectivity index (χ4n) is 2.41. The van der Waals surface area contributed by atoms with Crippen molar-refractivity contribution in [1.29, 1.82) is 0 Å². The van der Waals surface area contributed by atoms with E-state index in [-0.39, 0.29) is 18.4 Å². The number of hydrogen-bond acceptors (Lipinski definition) is 7. The lowest BCUT2D eigenvalue weighted by Gasteiger charge is -2.10. The Morgan fingerprint density at radius 2 is 2.19 bits per heavy atom. The predicted molar refractivity (Wildman–Crippen MR) is 93.1 cm³/mol. The molecule has 3 aromatic rings. The Hall–Kier alpha value is -3.27. The normalized spacial score (nSPS) is 11.0. The number of halogens is 1. The van der Waals surface area contributed by atoms with E-state index in [0.717, 1.165) is 6.20 Å². The first kappa shape index (κ1) is 18.5. The number of ether oxygens (including phenoxy) is 1.